The average Bonchev–Trinajstić information content (AvgIpc) is 3.31. The Bertz CT molecular complexity index is 1170. The number of carbonyl (C=O) groups is 1. The number of methoxy groups -OCH3 is 1. The number of carbonyl (C=O) groups excluding carboxylic acids is 1. The number of rotatable bonds is 6. The summed E-state index contributed by atoms with van der Waals surface area (Å²) in [5.41, 5.74) is 4.60. The highest BCUT2D eigenvalue weighted by Crippen LogP contribution is 2.35. The summed E-state index contributed by atoms with van der Waals surface area (Å²) in [6, 6.07) is 15.9. The van der Waals surface area contributed by atoms with E-state index in [4.69, 9.17) is 22.1 Å². The first-order valence-corrected chi connectivity index (χ1v) is 11.3. The van der Waals surface area contributed by atoms with Crippen LogP contribution in [0.5, 0.6) is 5.75 Å². The van der Waals surface area contributed by atoms with Crippen molar-refractivity contribution in [3.63, 3.8) is 0 Å². The Morgan fingerprint density at radius 3 is 2.65 bits per heavy atom. The van der Waals surface area contributed by atoms with Crippen molar-refractivity contribution in [2.24, 2.45) is 0 Å². The van der Waals surface area contributed by atoms with Crippen LogP contribution in [0.15, 0.2) is 59.6 Å². The number of para-hydroxylation sites is 1. The molecule has 1 aliphatic rings. The zero-order valence-corrected chi connectivity index (χ0v) is 19.3. The second-order valence-corrected chi connectivity index (χ2v) is 8.91. The van der Waals surface area contributed by atoms with Crippen LogP contribution < -0.4 is 4.74 Å². The molecule has 1 amide bonds. The standard InChI is InChI=1S/C24H23N3O2S2/c1-4-12-26-23(28)21(31-24(26)30)14-18-15-27(19-8-6-5-7-9-19)25-22(18)17-10-11-20(29-3)16(2)13-17/h5-11,13-15H,4,12H2,1-3H3. The molecule has 0 aliphatic carbocycles. The Morgan fingerprint density at radius 2 is 1.97 bits per heavy atom. The van der Waals surface area contributed by atoms with Crippen LogP contribution in [-0.4, -0.2) is 38.6 Å². The first-order valence-electron chi connectivity index (χ1n) is 10.1. The summed E-state index contributed by atoms with van der Waals surface area (Å²) in [6.45, 7) is 4.68. The molecule has 31 heavy (non-hydrogen) atoms. The van der Waals surface area contributed by atoms with E-state index in [1.807, 2.05) is 73.3 Å². The van der Waals surface area contributed by atoms with Gasteiger partial charge in [0.15, 0.2) is 0 Å². The molecule has 7 heteroatoms. The fourth-order valence-electron chi connectivity index (χ4n) is 3.51. The van der Waals surface area contributed by atoms with Crippen LogP contribution in [0.4, 0.5) is 0 Å². The van der Waals surface area contributed by atoms with E-state index in [0.717, 1.165) is 40.2 Å². The van der Waals surface area contributed by atoms with Crippen LogP contribution >= 0.6 is 24.0 Å². The highest BCUT2D eigenvalue weighted by atomic mass is 32.2. The molecule has 0 saturated carbocycles. The normalized spacial score (nSPS) is 15.2. The summed E-state index contributed by atoms with van der Waals surface area (Å²) in [7, 11) is 1.66. The molecule has 0 spiro atoms. The number of hydrogen-bond donors (Lipinski definition) is 0. The van der Waals surface area contributed by atoms with Crippen molar-refractivity contribution in [3.05, 3.63) is 70.8 Å². The third kappa shape index (κ3) is 4.29. The second kappa shape index (κ2) is 9.08. The van der Waals surface area contributed by atoms with Gasteiger partial charge < -0.3 is 4.74 Å². The topological polar surface area (TPSA) is 47.4 Å². The molecular weight excluding hydrogens is 426 g/mol. The van der Waals surface area contributed by atoms with Gasteiger partial charge in [-0.25, -0.2) is 4.68 Å². The van der Waals surface area contributed by atoms with Crippen molar-refractivity contribution < 1.29 is 9.53 Å². The first-order chi connectivity index (χ1) is 15.0. The fraction of sp³-hybridized carbons (Fsp3) is 0.208. The molecule has 0 bridgehead atoms. The van der Waals surface area contributed by atoms with Crippen molar-refractivity contribution in [2.45, 2.75) is 20.3 Å². The number of benzene rings is 2. The lowest BCUT2D eigenvalue weighted by Crippen LogP contribution is -2.28. The van der Waals surface area contributed by atoms with Crippen LogP contribution in [0.3, 0.4) is 0 Å². The molecule has 5 nitrogen and oxygen atoms in total. The molecule has 0 radical (unpaired) electrons. The van der Waals surface area contributed by atoms with E-state index < -0.39 is 0 Å². The van der Waals surface area contributed by atoms with E-state index in [2.05, 4.69) is 6.07 Å². The number of amides is 1. The molecule has 1 saturated heterocycles. The van der Waals surface area contributed by atoms with Crippen molar-refractivity contribution in [1.29, 1.82) is 0 Å². The third-order valence-electron chi connectivity index (χ3n) is 5.04. The summed E-state index contributed by atoms with van der Waals surface area (Å²) in [5, 5.41) is 4.85. The third-order valence-corrected chi connectivity index (χ3v) is 6.42. The smallest absolute Gasteiger partial charge is 0.266 e. The Morgan fingerprint density at radius 1 is 1.19 bits per heavy atom. The maximum Gasteiger partial charge on any atom is 0.266 e. The lowest BCUT2D eigenvalue weighted by Gasteiger charge is -2.11. The zero-order valence-electron chi connectivity index (χ0n) is 17.7. The fourth-order valence-corrected chi connectivity index (χ4v) is 4.81. The summed E-state index contributed by atoms with van der Waals surface area (Å²) < 4.78 is 7.85. The molecular formula is C24H23N3O2S2. The SMILES string of the molecule is CCCN1C(=O)C(=Cc2cn(-c3ccccc3)nc2-c2ccc(OC)c(C)c2)SC1=S. The molecule has 1 aliphatic heterocycles. The Labute approximate surface area is 191 Å². The monoisotopic (exact) mass is 449 g/mol. The van der Waals surface area contributed by atoms with Gasteiger partial charge in [-0.1, -0.05) is 49.1 Å². The first kappa shape index (κ1) is 21.3. The number of ether oxygens (including phenoxy) is 1. The van der Waals surface area contributed by atoms with E-state index in [1.165, 1.54) is 11.8 Å². The number of thioether (sulfide) groups is 1. The lowest BCUT2D eigenvalue weighted by atomic mass is 10.0. The number of thiocarbonyl (C=S) groups is 1. The highest BCUT2D eigenvalue weighted by Gasteiger charge is 2.31. The summed E-state index contributed by atoms with van der Waals surface area (Å²) in [6.07, 6.45) is 4.72. The predicted octanol–water partition coefficient (Wildman–Crippen LogP) is 5.47. The van der Waals surface area contributed by atoms with E-state index in [1.54, 1.807) is 12.0 Å². The van der Waals surface area contributed by atoms with Crippen LogP contribution in [0.1, 0.15) is 24.5 Å². The van der Waals surface area contributed by atoms with Gasteiger partial charge in [0.2, 0.25) is 0 Å². The van der Waals surface area contributed by atoms with Crippen molar-refractivity contribution in [3.8, 4) is 22.7 Å². The van der Waals surface area contributed by atoms with Gasteiger partial charge in [0.1, 0.15) is 15.8 Å². The zero-order chi connectivity index (χ0) is 22.0. The molecule has 4 rings (SSSR count). The van der Waals surface area contributed by atoms with E-state index in [0.29, 0.717) is 15.8 Å². The molecule has 0 atom stereocenters. The molecule has 2 aromatic carbocycles. The van der Waals surface area contributed by atoms with Crippen LogP contribution in [0, 0.1) is 6.92 Å². The van der Waals surface area contributed by atoms with Gasteiger partial charge in [0.05, 0.1) is 17.7 Å². The van der Waals surface area contributed by atoms with Crippen molar-refractivity contribution in [2.75, 3.05) is 13.7 Å². The molecule has 3 aromatic rings. The Kier molecular flexibility index (Phi) is 6.25. The summed E-state index contributed by atoms with van der Waals surface area (Å²) >= 11 is 6.77. The maximum atomic E-state index is 12.9. The van der Waals surface area contributed by atoms with Gasteiger partial charge in [-0.05, 0) is 55.3 Å². The maximum absolute atomic E-state index is 12.9. The number of nitrogens with zero attached hydrogens (tertiary/aromatic N) is 3. The van der Waals surface area contributed by atoms with Gasteiger partial charge in [-0.2, -0.15) is 5.10 Å². The van der Waals surface area contributed by atoms with E-state index in [9.17, 15) is 4.79 Å². The molecule has 0 N–H and O–H groups in total. The minimum atomic E-state index is -0.0406. The highest BCUT2D eigenvalue weighted by molar-refractivity contribution is 8.26. The van der Waals surface area contributed by atoms with Gasteiger partial charge in [0, 0.05) is 23.9 Å². The molecule has 0 unspecified atom stereocenters. The Hall–Kier alpha value is -2.90. The van der Waals surface area contributed by atoms with Crippen molar-refractivity contribution >= 4 is 40.3 Å². The van der Waals surface area contributed by atoms with Gasteiger partial charge in [-0.3, -0.25) is 9.69 Å². The minimum Gasteiger partial charge on any atom is -0.496 e. The van der Waals surface area contributed by atoms with Gasteiger partial charge >= 0.3 is 0 Å². The lowest BCUT2D eigenvalue weighted by molar-refractivity contribution is -0.122. The molecule has 2 heterocycles. The van der Waals surface area contributed by atoms with Crippen LogP contribution in [-0.2, 0) is 4.79 Å². The van der Waals surface area contributed by atoms with E-state index >= 15 is 0 Å². The minimum absolute atomic E-state index is 0.0406. The summed E-state index contributed by atoms with van der Waals surface area (Å²) in [5.74, 6) is 0.786. The van der Waals surface area contributed by atoms with Gasteiger partial charge in [-0.15, -0.1) is 0 Å². The quantitative estimate of drug-likeness (QED) is 0.369. The van der Waals surface area contributed by atoms with Gasteiger partial charge in [0.25, 0.3) is 5.91 Å². The summed E-state index contributed by atoms with van der Waals surface area (Å²) in [4.78, 5) is 15.2. The molecule has 1 aromatic heterocycles. The van der Waals surface area contributed by atoms with Crippen LogP contribution in [0.2, 0.25) is 0 Å². The van der Waals surface area contributed by atoms with Crippen molar-refractivity contribution in [1.82, 2.24) is 14.7 Å². The van der Waals surface area contributed by atoms with Crippen LogP contribution in [0.25, 0.3) is 23.0 Å². The molecule has 1 fully saturated rings. The molecule has 158 valence electrons. The predicted molar refractivity (Wildman–Crippen MR) is 130 cm³/mol. The average molecular weight is 450 g/mol. The van der Waals surface area contributed by atoms with E-state index in [-0.39, 0.29) is 5.91 Å². The number of hydrogen-bond acceptors (Lipinski definition) is 5. The largest absolute Gasteiger partial charge is 0.496 e. The Balaban J connectivity index is 1.81. The number of aromatic nitrogens is 2. The second-order valence-electron chi connectivity index (χ2n) is 7.23. The number of aryl methyl sites for hydroxylation is 1.